The van der Waals surface area contributed by atoms with Gasteiger partial charge in [-0.05, 0) is 36.6 Å². The van der Waals surface area contributed by atoms with Gasteiger partial charge in [0, 0.05) is 31.5 Å². The van der Waals surface area contributed by atoms with Gasteiger partial charge in [-0.1, -0.05) is 24.3 Å². The second kappa shape index (κ2) is 6.89. The molecule has 2 heterocycles. The maximum Gasteiger partial charge on any atom is 0.336 e. The Morgan fingerprint density at radius 3 is 2.74 bits per heavy atom. The lowest BCUT2D eigenvalue weighted by Crippen LogP contribution is -2.21. The molecule has 5 nitrogen and oxygen atoms in total. The number of carboxylic acids is 1. The lowest BCUT2D eigenvalue weighted by Gasteiger charge is -2.15. The first kappa shape index (κ1) is 15.6. The second-order valence-electron chi connectivity index (χ2n) is 5.96. The van der Waals surface area contributed by atoms with Crippen molar-refractivity contribution in [1.82, 2.24) is 9.88 Å². The summed E-state index contributed by atoms with van der Waals surface area (Å²) in [6.07, 6.45) is 2.76. The maximum atomic E-state index is 11.3. The van der Waals surface area contributed by atoms with E-state index in [-0.39, 0.29) is 12.2 Å². The van der Waals surface area contributed by atoms with E-state index < -0.39 is 5.97 Å². The van der Waals surface area contributed by atoms with Crippen LogP contribution in [0.1, 0.15) is 22.5 Å². The average Bonchev–Trinajstić information content (AvgIpc) is 3.03. The predicted octanol–water partition coefficient (Wildman–Crippen LogP) is 2.26. The molecule has 0 bridgehead atoms. The van der Waals surface area contributed by atoms with Gasteiger partial charge < -0.3 is 10.2 Å². The monoisotopic (exact) mass is 312 g/mol. The summed E-state index contributed by atoms with van der Waals surface area (Å²) in [5.74, 6) is -0.562. The van der Waals surface area contributed by atoms with E-state index in [1.54, 1.807) is 24.4 Å². The highest BCUT2D eigenvalue weighted by Gasteiger charge is 2.21. The molecule has 1 fully saturated rings. The first-order valence-corrected chi connectivity index (χ1v) is 7.78. The van der Waals surface area contributed by atoms with Crippen LogP contribution in [0.15, 0.2) is 42.6 Å². The maximum absolute atomic E-state index is 11.3. The topological polar surface area (TPSA) is 73.7 Å². The Morgan fingerprint density at radius 1 is 1.26 bits per heavy atom. The first-order chi connectivity index (χ1) is 11.2. The number of aliphatic hydroxyl groups is 1. The van der Waals surface area contributed by atoms with Crippen LogP contribution >= 0.6 is 0 Å². The summed E-state index contributed by atoms with van der Waals surface area (Å²) in [6, 6.07) is 10.8. The second-order valence-corrected chi connectivity index (χ2v) is 5.96. The van der Waals surface area contributed by atoms with Crippen LogP contribution in [0.4, 0.5) is 0 Å². The summed E-state index contributed by atoms with van der Waals surface area (Å²) >= 11 is 0. The molecule has 23 heavy (non-hydrogen) atoms. The van der Waals surface area contributed by atoms with Crippen LogP contribution < -0.4 is 0 Å². The number of aromatic nitrogens is 1. The standard InChI is InChI=1S/C18H20N2O3/c21-12-13-7-8-20(10-13)11-15-6-5-14(9-19-15)16-3-1-2-4-17(16)18(22)23/h1-6,9,13,21H,7-8,10-12H2,(H,22,23)/t13-/m1/s1. The molecule has 0 radical (unpaired) electrons. The number of hydrogen-bond donors (Lipinski definition) is 2. The molecular formula is C18H20N2O3. The van der Waals surface area contributed by atoms with Crippen LogP contribution in [0.2, 0.25) is 0 Å². The number of benzene rings is 1. The fourth-order valence-electron chi connectivity index (χ4n) is 3.03. The van der Waals surface area contributed by atoms with Gasteiger partial charge in [0.15, 0.2) is 0 Å². The average molecular weight is 312 g/mol. The van der Waals surface area contributed by atoms with Crippen molar-refractivity contribution in [2.45, 2.75) is 13.0 Å². The molecular weight excluding hydrogens is 292 g/mol. The van der Waals surface area contributed by atoms with Gasteiger partial charge in [0.05, 0.1) is 11.3 Å². The first-order valence-electron chi connectivity index (χ1n) is 7.78. The Kier molecular flexibility index (Phi) is 4.69. The lowest BCUT2D eigenvalue weighted by molar-refractivity contribution is 0.0697. The van der Waals surface area contributed by atoms with Crippen molar-refractivity contribution in [2.24, 2.45) is 5.92 Å². The third kappa shape index (κ3) is 3.57. The Labute approximate surface area is 135 Å². The van der Waals surface area contributed by atoms with E-state index in [0.29, 0.717) is 11.5 Å². The molecule has 2 N–H and O–H groups in total. The molecule has 1 aliphatic rings. The van der Waals surface area contributed by atoms with Gasteiger partial charge in [-0.3, -0.25) is 9.88 Å². The minimum Gasteiger partial charge on any atom is -0.478 e. The van der Waals surface area contributed by atoms with Gasteiger partial charge in [-0.25, -0.2) is 4.79 Å². The predicted molar refractivity (Wildman–Crippen MR) is 87.1 cm³/mol. The van der Waals surface area contributed by atoms with Crippen molar-refractivity contribution >= 4 is 5.97 Å². The van der Waals surface area contributed by atoms with E-state index >= 15 is 0 Å². The fraction of sp³-hybridized carbons (Fsp3) is 0.333. The number of aliphatic hydroxyl groups excluding tert-OH is 1. The number of carbonyl (C=O) groups is 1. The van der Waals surface area contributed by atoms with Crippen LogP contribution in [0.5, 0.6) is 0 Å². The zero-order valence-corrected chi connectivity index (χ0v) is 12.9. The van der Waals surface area contributed by atoms with Gasteiger partial charge in [0.25, 0.3) is 0 Å². The Morgan fingerprint density at radius 2 is 2.09 bits per heavy atom. The van der Waals surface area contributed by atoms with Crippen molar-refractivity contribution in [3.63, 3.8) is 0 Å². The van der Waals surface area contributed by atoms with Crippen LogP contribution in [-0.2, 0) is 6.54 Å². The Hall–Kier alpha value is -2.24. The summed E-state index contributed by atoms with van der Waals surface area (Å²) in [5, 5.41) is 18.5. The molecule has 1 saturated heterocycles. The van der Waals surface area contributed by atoms with Crippen LogP contribution in [0.25, 0.3) is 11.1 Å². The molecule has 3 rings (SSSR count). The highest BCUT2D eigenvalue weighted by atomic mass is 16.4. The highest BCUT2D eigenvalue weighted by Crippen LogP contribution is 2.24. The van der Waals surface area contributed by atoms with Crippen LogP contribution in [0, 0.1) is 5.92 Å². The Bertz CT molecular complexity index is 685. The molecule has 1 aromatic heterocycles. The normalized spacial score (nSPS) is 18.2. The lowest BCUT2D eigenvalue weighted by atomic mass is 10.0. The van der Waals surface area contributed by atoms with Crippen LogP contribution in [0.3, 0.4) is 0 Å². The zero-order chi connectivity index (χ0) is 16.2. The van der Waals surface area contributed by atoms with Crippen molar-refractivity contribution in [3.05, 3.63) is 53.9 Å². The number of hydrogen-bond acceptors (Lipinski definition) is 4. The number of pyridine rings is 1. The quantitative estimate of drug-likeness (QED) is 0.886. The summed E-state index contributed by atoms with van der Waals surface area (Å²) in [5.41, 5.74) is 2.73. The number of likely N-dealkylation sites (tertiary alicyclic amines) is 1. The van der Waals surface area contributed by atoms with Crippen molar-refractivity contribution in [2.75, 3.05) is 19.7 Å². The van der Waals surface area contributed by atoms with E-state index in [0.717, 1.165) is 37.3 Å². The summed E-state index contributed by atoms with van der Waals surface area (Å²) in [6.45, 7) is 2.89. The highest BCUT2D eigenvalue weighted by molar-refractivity contribution is 5.95. The molecule has 0 saturated carbocycles. The molecule has 1 atom stereocenters. The van der Waals surface area contributed by atoms with Crippen LogP contribution in [-0.4, -0.2) is 45.8 Å². The molecule has 0 amide bonds. The molecule has 5 heteroatoms. The smallest absolute Gasteiger partial charge is 0.336 e. The summed E-state index contributed by atoms with van der Waals surface area (Å²) in [7, 11) is 0. The van der Waals surface area contributed by atoms with E-state index in [9.17, 15) is 15.0 Å². The summed E-state index contributed by atoms with van der Waals surface area (Å²) < 4.78 is 0. The SMILES string of the molecule is O=C(O)c1ccccc1-c1ccc(CN2CC[C@@H](CO)C2)nc1. The zero-order valence-electron chi connectivity index (χ0n) is 12.9. The third-order valence-corrected chi connectivity index (χ3v) is 4.31. The molecule has 0 unspecified atom stereocenters. The molecule has 1 aliphatic heterocycles. The van der Waals surface area contributed by atoms with E-state index in [1.165, 1.54) is 0 Å². The number of aromatic carboxylic acids is 1. The molecule has 0 aliphatic carbocycles. The summed E-state index contributed by atoms with van der Waals surface area (Å²) in [4.78, 5) is 18.1. The van der Waals surface area contributed by atoms with Gasteiger partial charge in [0.2, 0.25) is 0 Å². The molecule has 1 aromatic carbocycles. The molecule has 0 spiro atoms. The fourth-order valence-corrected chi connectivity index (χ4v) is 3.03. The Balaban J connectivity index is 1.74. The van der Waals surface area contributed by atoms with Crippen molar-refractivity contribution in [3.8, 4) is 11.1 Å². The van der Waals surface area contributed by atoms with Gasteiger partial charge in [-0.15, -0.1) is 0 Å². The van der Waals surface area contributed by atoms with Crippen molar-refractivity contribution < 1.29 is 15.0 Å². The third-order valence-electron chi connectivity index (χ3n) is 4.31. The minimum absolute atomic E-state index is 0.245. The minimum atomic E-state index is -0.934. The van der Waals surface area contributed by atoms with E-state index in [1.807, 2.05) is 18.2 Å². The largest absolute Gasteiger partial charge is 0.478 e. The van der Waals surface area contributed by atoms with E-state index in [4.69, 9.17) is 0 Å². The van der Waals surface area contributed by atoms with Crippen molar-refractivity contribution in [1.29, 1.82) is 0 Å². The van der Waals surface area contributed by atoms with Gasteiger partial charge >= 0.3 is 5.97 Å². The number of nitrogens with zero attached hydrogens (tertiary/aromatic N) is 2. The van der Waals surface area contributed by atoms with E-state index in [2.05, 4.69) is 9.88 Å². The number of rotatable bonds is 5. The number of carboxylic acid groups (broad SMARTS) is 1. The molecule has 120 valence electrons. The van der Waals surface area contributed by atoms with Gasteiger partial charge in [-0.2, -0.15) is 0 Å². The molecule has 2 aromatic rings. The van der Waals surface area contributed by atoms with Gasteiger partial charge in [0.1, 0.15) is 0 Å².